The van der Waals surface area contributed by atoms with Crippen molar-refractivity contribution in [2.24, 2.45) is 0 Å². The summed E-state index contributed by atoms with van der Waals surface area (Å²) in [5.41, 5.74) is 5.56. The molecule has 0 spiro atoms. The van der Waals surface area contributed by atoms with Gasteiger partial charge in [-0.25, -0.2) is 4.79 Å². The first-order valence-electron chi connectivity index (χ1n) is 7.39. The zero-order valence-electron chi connectivity index (χ0n) is 13.5. The fraction of sp³-hybridized carbons (Fsp3) is 0.316. The maximum absolute atomic E-state index is 11.5. The van der Waals surface area contributed by atoms with Gasteiger partial charge in [0, 0.05) is 6.42 Å². The number of hydrogen-bond acceptors (Lipinski definition) is 2. The first kappa shape index (κ1) is 16.1. The average Bonchev–Trinajstić information content (AvgIpc) is 2.43. The van der Waals surface area contributed by atoms with Crippen LogP contribution in [0.15, 0.2) is 36.4 Å². The second-order valence-corrected chi connectivity index (χ2v) is 5.84. The van der Waals surface area contributed by atoms with Crippen LogP contribution < -0.4 is 4.74 Å². The predicted octanol–water partition coefficient (Wildman–Crippen LogP) is 3.99. The number of aryl methyl sites for hydroxylation is 4. The van der Waals surface area contributed by atoms with Crippen molar-refractivity contribution >= 4 is 5.97 Å². The Morgan fingerprint density at radius 1 is 1.00 bits per heavy atom. The van der Waals surface area contributed by atoms with E-state index in [-0.39, 0.29) is 0 Å². The SMILES string of the molecule is Cc1ccc(O[C@@H](Cc2c(C)cc(C)cc2C)C(=O)O)cc1. The molecule has 0 saturated carbocycles. The number of benzene rings is 2. The fourth-order valence-corrected chi connectivity index (χ4v) is 2.68. The van der Waals surface area contributed by atoms with E-state index in [4.69, 9.17) is 4.74 Å². The van der Waals surface area contributed by atoms with Crippen LogP contribution in [0, 0.1) is 27.7 Å². The van der Waals surface area contributed by atoms with Crippen LogP contribution in [0.1, 0.15) is 27.8 Å². The summed E-state index contributed by atoms with van der Waals surface area (Å²) in [6, 6.07) is 11.6. The van der Waals surface area contributed by atoms with Crippen molar-refractivity contribution in [3.63, 3.8) is 0 Å². The lowest BCUT2D eigenvalue weighted by Crippen LogP contribution is -2.30. The maximum atomic E-state index is 11.5. The van der Waals surface area contributed by atoms with E-state index in [2.05, 4.69) is 12.1 Å². The summed E-state index contributed by atoms with van der Waals surface area (Å²) in [5.74, 6) is -0.361. The van der Waals surface area contributed by atoms with Crippen molar-refractivity contribution in [3.05, 3.63) is 64.2 Å². The van der Waals surface area contributed by atoms with Gasteiger partial charge < -0.3 is 9.84 Å². The summed E-state index contributed by atoms with van der Waals surface area (Å²) >= 11 is 0. The Kier molecular flexibility index (Phi) is 4.86. The van der Waals surface area contributed by atoms with Crippen molar-refractivity contribution < 1.29 is 14.6 Å². The van der Waals surface area contributed by atoms with Gasteiger partial charge in [-0.2, -0.15) is 0 Å². The zero-order valence-corrected chi connectivity index (χ0v) is 13.5. The lowest BCUT2D eigenvalue weighted by Gasteiger charge is -2.18. The number of carboxylic acid groups (broad SMARTS) is 1. The van der Waals surface area contributed by atoms with Crippen LogP contribution in [-0.4, -0.2) is 17.2 Å². The molecule has 0 aromatic heterocycles. The van der Waals surface area contributed by atoms with Crippen molar-refractivity contribution in [1.82, 2.24) is 0 Å². The van der Waals surface area contributed by atoms with E-state index in [1.165, 1.54) is 5.56 Å². The van der Waals surface area contributed by atoms with Crippen LogP contribution in [0.3, 0.4) is 0 Å². The third-order valence-electron chi connectivity index (χ3n) is 3.80. The van der Waals surface area contributed by atoms with Gasteiger partial charge in [-0.1, -0.05) is 35.4 Å². The third-order valence-corrected chi connectivity index (χ3v) is 3.80. The normalized spacial score (nSPS) is 12.0. The van der Waals surface area contributed by atoms with Gasteiger partial charge in [0.2, 0.25) is 0 Å². The lowest BCUT2D eigenvalue weighted by molar-refractivity contribution is -0.145. The summed E-state index contributed by atoms with van der Waals surface area (Å²) in [4.78, 5) is 11.5. The summed E-state index contributed by atoms with van der Waals surface area (Å²) in [7, 11) is 0. The predicted molar refractivity (Wildman–Crippen MR) is 87.6 cm³/mol. The van der Waals surface area contributed by atoms with Gasteiger partial charge in [-0.15, -0.1) is 0 Å². The minimum Gasteiger partial charge on any atom is -0.478 e. The van der Waals surface area contributed by atoms with Gasteiger partial charge >= 0.3 is 5.97 Å². The highest BCUT2D eigenvalue weighted by Crippen LogP contribution is 2.21. The van der Waals surface area contributed by atoms with E-state index in [9.17, 15) is 9.90 Å². The van der Waals surface area contributed by atoms with Crippen LogP contribution in [0.2, 0.25) is 0 Å². The Morgan fingerprint density at radius 2 is 1.55 bits per heavy atom. The van der Waals surface area contributed by atoms with Gasteiger partial charge in [0.05, 0.1) is 0 Å². The molecule has 0 aliphatic rings. The molecule has 0 saturated heterocycles. The molecular formula is C19H22O3. The van der Waals surface area contributed by atoms with E-state index in [0.717, 1.165) is 22.3 Å². The number of hydrogen-bond donors (Lipinski definition) is 1. The standard InChI is InChI=1S/C19H22O3/c1-12-5-7-16(8-6-12)22-18(19(20)21)11-17-14(3)9-13(2)10-15(17)4/h5-10,18H,11H2,1-4H3,(H,20,21)/t18-/m0/s1. The molecule has 0 fully saturated rings. The second-order valence-electron chi connectivity index (χ2n) is 5.84. The molecule has 0 aliphatic heterocycles. The molecule has 0 amide bonds. The Balaban J connectivity index is 2.23. The van der Waals surface area contributed by atoms with Crippen LogP contribution in [-0.2, 0) is 11.2 Å². The molecule has 2 rings (SSSR count). The minimum atomic E-state index is -0.944. The van der Waals surface area contributed by atoms with Gasteiger partial charge in [0.15, 0.2) is 6.10 Å². The van der Waals surface area contributed by atoms with Crippen LogP contribution in [0.25, 0.3) is 0 Å². The molecule has 3 nitrogen and oxygen atoms in total. The van der Waals surface area contributed by atoms with Gasteiger partial charge in [0.25, 0.3) is 0 Å². The molecule has 22 heavy (non-hydrogen) atoms. The Morgan fingerprint density at radius 3 is 2.05 bits per heavy atom. The molecule has 2 aromatic rings. The summed E-state index contributed by atoms with van der Waals surface area (Å²) < 4.78 is 5.68. The smallest absolute Gasteiger partial charge is 0.345 e. The van der Waals surface area contributed by atoms with E-state index < -0.39 is 12.1 Å². The van der Waals surface area contributed by atoms with Crippen molar-refractivity contribution in [1.29, 1.82) is 0 Å². The molecule has 0 bridgehead atoms. The Bertz CT molecular complexity index is 649. The molecule has 1 atom stereocenters. The number of carboxylic acids is 1. The molecule has 0 aliphatic carbocycles. The number of carbonyl (C=O) groups is 1. The Labute approximate surface area is 131 Å². The van der Waals surface area contributed by atoms with E-state index in [0.29, 0.717) is 12.2 Å². The fourth-order valence-electron chi connectivity index (χ4n) is 2.68. The molecule has 0 radical (unpaired) electrons. The highest BCUT2D eigenvalue weighted by Gasteiger charge is 2.22. The van der Waals surface area contributed by atoms with Gasteiger partial charge in [-0.05, 0) is 56.5 Å². The molecule has 3 heteroatoms. The quantitative estimate of drug-likeness (QED) is 0.907. The minimum absolute atomic E-state index is 0.362. The summed E-state index contributed by atoms with van der Waals surface area (Å²) in [6.45, 7) is 8.05. The third kappa shape index (κ3) is 3.88. The lowest BCUT2D eigenvalue weighted by atomic mass is 9.95. The van der Waals surface area contributed by atoms with Gasteiger partial charge in [-0.3, -0.25) is 0 Å². The van der Waals surface area contributed by atoms with Crippen molar-refractivity contribution in [2.75, 3.05) is 0 Å². The molecule has 0 heterocycles. The number of aliphatic carboxylic acids is 1. The van der Waals surface area contributed by atoms with Crippen LogP contribution in [0.5, 0.6) is 5.75 Å². The molecule has 1 N–H and O–H groups in total. The van der Waals surface area contributed by atoms with Gasteiger partial charge in [0.1, 0.15) is 5.75 Å². The van der Waals surface area contributed by atoms with E-state index >= 15 is 0 Å². The van der Waals surface area contributed by atoms with E-state index in [1.807, 2.05) is 39.8 Å². The first-order valence-corrected chi connectivity index (χ1v) is 7.39. The van der Waals surface area contributed by atoms with Crippen LogP contribution >= 0.6 is 0 Å². The topological polar surface area (TPSA) is 46.5 Å². The van der Waals surface area contributed by atoms with E-state index in [1.54, 1.807) is 12.1 Å². The highest BCUT2D eigenvalue weighted by atomic mass is 16.5. The largest absolute Gasteiger partial charge is 0.478 e. The zero-order chi connectivity index (χ0) is 16.3. The molecule has 2 aromatic carbocycles. The molecule has 0 unspecified atom stereocenters. The monoisotopic (exact) mass is 298 g/mol. The second kappa shape index (κ2) is 6.65. The Hall–Kier alpha value is -2.29. The van der Waals surface area contributed by atoms with Crippen LogP contribution in [0.4, 0.5) is 0 Å². The molecular weight excluding hydrogens is 276 g/mol. The number of rotatable bonds is 5. The average molecular weight is 298 g/mol. The first-order chi connectivity index (χ1) is 10.4. The summed E-state index contributed by atoms with van der Waals surface area (Å²) in [6.07, 6.45) is -0.524. The maximum Gasteiger partial charge on any atom is 0.345 e. The molecule has 116 valence electrons. The van der Waals surface area contributed by atoms with Crippen molar-refractivity contribution in [2.45, 2.75) is 40.2 Å². The highest BCUT2D eigenvalue weighted by molar-refractivity contribution is 5.73. The summed E-state index contributed by atoms with van der Waals surface area (Å²) in [5, 5.41) is 9.46. The van der Waals surface area contributed by atoms with Crippen molar-refractivity contribution in [3.8, 4) is 5.75 Å². The number of ether oxygens (including phenoxy) is 1.